The van der Waals surface area contributed by atoms with Crippen LogP contribution in [-0.2, 0) is 9.53 Å². The lowest BCUT2D eigenvalue weighted by Gasteiger charge is -2.56. The zero-order valence-electron chi connectivity index (χ0n) is 18.1. The van der Waals surface area contributed by atoms with Crippen LogP contribution in [0.15, 0.2) is 24.5 Å². The summed E-state index contributed by atoms with van der Waals surface area (Å²) in [5, 5.41) is 8.65. The maximum Gasteiger partial charge on any atom is 0.254 e. The number of hydrogen-bond acceptors (Lipinski definition) is 8. The smallest absolute Gasteiger partial charge is 0.254 e. The van der Waals surface area contributed by atoms with Gasteiger partial charge in [0.15, 0.2) is 11.6 Å². The third kappa shape index (κ3) is 3.70. The quantitative estimate of drug-likeness (QED) is 0.599. The molecule has 1 saturated carbocycles. The molecular weight excluding hydrogens is 412 g/mol. The van der Waals surface area contributed by atoms with E-state index >= 15 is 0 Å². The van der Waals surface area contributed by atoms with Crippen molar-refractivity contribution in [1.82, 2.24) is 15.3 Å². The SMILES string of the molecule is CNC(=O)c1cnc(NC(=O)C2CC2)cc1Nc1nccc(N2CC3(COC3)C2)c1OC. The summed E-state index contributed by atoms with van der Waals surface area (Å²) in [5.41, 5.74) is 2.00. The van der Waals surface area contributed by atoms with Crippen molar-refractivity contribution in [2.24, 2.45) is 11.3 Å². The Labute approximate surface area is 185 Å². The van der Waals surface area contributed by atoms with Crippen molar-refractivity contribution in [2.45, 2.75) is 12.8 Å². The van der Waals surface area contributed by atoms with E-state index < -0.39 is 0 Å². The number of nitrogens with zero attached hydrogens (tertiary/aromatic N) is 3. The lowest BCUT2D eigenvalue weighted by Crippen LogP contribution is -2.66. The molecule has 2 aromatic rings. The zero-order valence-corrected chi connectivity index (χ0v) is 18.1. The van der Waals surface area contributed by atoms with Gasteiger partial charge in [-0.2, -0.15) is 0 Å². The van der Waals surface area contributed by atoms with Crippen LogP contribution in [0, 0.1) is 11.3 Å². The molecule has 0 radical (unpaired) electrons. The molecule has 2 amide bonds. The summed E-state index contributed by atoms with van der Waals surface area (Å²) in [6, 6.07) is 3.56. The van der Waals surface area contributed by atoms with Crippen molar-refractivity contribution in [3.8, 4) is 5.75 Å². The number of carbonyl (C=O) groups is 2. The van der Waals surface area contributed by atoms with E-state index in [0.29, 0.717) is 28.6 Å². The third-order valence-corrected chi connectivity index (χ3v) is 6.13. The summed E-state index contributed by atoms with van der Waals surface area (Å²) in [5.74, 6) is 1.14. The van der Waals surface area contributed by atoms with Crippen LogP contribution in [0.25, 0.3) is 0 Å². The van der Waals surface area contributed by atoms with Crippen LogP contribution in [0.5, 0.6) is 5.75 Å². The summed E-state index contributed by atoms with van der Waals surface area (Å²) in [4.78, 5) is 35.5. The summed E-state index contributed by atoms with van der Waals surface area (Å²) >= 11 is 0. The molecule has 10 nitrogen and oxygen atoms in total. The number of ether oxygens (including phenoxy) is 2. The Balaban J connectivity index is 1.43. The Hall–Kier alpha value is -3.40. The van der Waals surface area contributed by atoms with E-state index in [2.05, 4.69) is 30.8 Å². The van der Waals surface area contributed by atoms with Gasteiger partial charge in [-0.3, -0.25) is 9.59 Å². The van der Waals surface area contributed by atoms with Crippen molar-refractivity contribution < 1.29 is 19.1 Å². The summed E-state index contributed by atoms with van der Waals surface area (Å²) in [6.45, 7) is 3.40. The van der Waals surface area contributed by atoms with Gasteiger partial charge in [-0.05, 0) is 18.9 Å². The molecule has 0 aromatic carbocycles. The fraction of sp³-hybridized carbons (Fsp3) is 0.455. The number of pyridine rings is 2. The predicted molar refractivity (Wildman–Crippen MR) is 119 cm³/mol. The van der Waals surface area contributed by atoms with E-state index in [1.807, 2.05) is 6.07 Å². The van der Waals surface area contributed by atoms with Gasteiger partial charge in [-0.1, -0.05) is 0 Å². The van der Waals surface area contributed by atoms with Crippen LogP contribution in [0.1, 0.15) is 23.2 Å². The number of rotatable bonds is 7. The molecule has 4 heterocycles. The Morgan fingerprint density at radius 3 is 2.66 bits per heavy atom. The Morgan fingerprint density at radius 2 is 2.03 bits per heavy atom. The minimum absolute atomic E-state index is 0.0474. The standard InChI is InChI=1S/C22H26N6O4/c1-23-21(30)14-8-25-17(27-20(29)13-3-4-13)7-15(14)26-19-18(31-2)16(5-6-24-19)28-9-22(10-28)11-32-12-22/h5-8,13H,3-4,9-12H2,1-2H3,(H,23,30)(H2,24,25,26,27,29). The van der Waals surface area contributed by atoms with Crippen LogP contribution in [0.4, 0.5) is 23.0 Å². The van der Waals surface area contributed by atoms with E-state index in [9.17, 15) is 9.59 Å². The number of anilines is 4. The normalized spacial score (nSPS) is 18.4. The Kier molecular flexibility index (Phi) is 5.09. The summed E-state index contributed by atoms with van der Waals surface area (Å²) in [6.07, 6.45) is 4.94. The molecule has 168 valence electrons. The van der Waals surface area contributed by atoms with Crippen LogP contribution < -0.4 is 25.6 Å². The second-order valence-electron chi connectivity index (χ2n) is 8.64. The second-order valence-corrected chi connectivity index (χ2v) is 8.64. The number of carbonyl (C=O) groups excluding carboxylic acids is 2. The Bertz CT molecular complexity index is 1060. The van der Waals surface area contributed by atoms with E-state index in [1.165, 1.54) is 6.20 Å². The lowest BCUT2D eigenvalue weighted by atomic mass is 9.78. The van der Waals surface area contributed by atoms with E-state index in [1.54, 1.807) is 26.4 Å². The molecule has 5 rings (SSSR count). The topological polar surface area (TPSA) is 118 Å². The molecule has 0 bridgehead atoms. The first-order valence-corrected chi connectivity index (χ1v) is 10.7. The van der Waals surface area contributed by atoms with Gasteiger partial charge in [0.2, 0.25) is 5.91 Å². The fourth-order valence-corrected chi connectivity index (χ4v) is 4.13. The highest BCUT2D eigenvalue weighted by Gasteiger charge is 2.49. The number of methoxy groups -OCH3 is 1. The van der Waals surface area contributed by atoms with Gasteiger partial charge in [0, 0.05) is 44.5 Å². The number of amides is 2. The lowest BCUT2D eigenvalue weighted by molar-refractivity contribution is -0.127. The largest absolute Gasteiger partial charge is 0.491 e. The van der Waals surface area contributed by atoms with E-state index in [-0.39, 0.29) is 23.1 Å². The highest BCUT2D eigenvalue weighted by molar-refractivity contribution is 6.01. The summed E-state index contributed by atoms with van der Waals surface area (Å²) < 4.78 is 11.1. The van der Waals surface area contributed by atoms with Gasteiger partial charge in [0.25, 0.3) is 5.91 Å². The van der Waals surface area contributed by atoms with Gasteiger partial charge >= 0.3 is 0 Å². The Morgan fingerprint density at radius 1 is 1.25 bits per heavy atom. The summed E-state index contributed by atoms with van der Waals surface area (Å²) in [7, 11) is 3.15. The number of aromatic nitrogens is 2. The average Bonchev–Trinajstić information content (AvgIpc) is 3.57. The first-order chi connectivity index (χ1) is 15.5. The monoisotopic (exact) mass is 438 g/mol. The molecule has 10 heteroatoms. The molecule has 0 atom stereocenters. The third-order valence-electron chi connectivity index (χ3n) is 6.13. The van der Waals surface area contributed by atoms with Gasteiger partial charge in [0.05, 0.1) is 42.7 Å². The van der Waals surface area contributed by atoms with Crippen molar-refractivity contribution in [2.75, 3.05) is 56.0 Å². The maximum absolute atomic E-state index is 12.4. The molecule has 2 aromatic heterocycles. The number of nitrogens with one attached hydrogen (secondary N) is 3. The van der Waals surface area contributed by atoms with E-state index in [4.69, 9.17) is 9.47 Å². The van der Waals surface area contributed by atoms with Gasteiger partial charge in [0.1, 0.15) is 5.82 Å². The minimum atomic E-state index is -0.301. The fourth-order valence-electron chi connectivity index (χ4n) is 4.13. The molecule has 3 N–H and O–H groups in total. The zero-order chi connectivity index (χ0) is 22.3. The van der Waals surface area contributed by atoms with Crippen LogP contribution in [0.2, 0.25) is 0 Å². The molecule has 2 saturated heterocycles. The maximum atomic E-state index is 12.4. The predicted octanol–water partition coefficient (Wildman–Crippen LogP) is 1.77. The first kappa shape index (κ1) is 20.5. The van der Waals surface area contributed by atoms with Crippen molar-refractivity contribution >= 4 is 34.8 Å². The highest BCUT2D eigenvalue weighted by Crippen LogP contribution is 2.45. The molecule has 3 fully saturated rings. The highest BCUT2D eigenvalue weighted by atomic mass is 16.5. The number of hydrogen-bond donors (Lipinski definition) is 3. The van der Waals surface area contributed by atoms with Crippen LogP contribution in [0.3, 0.4) is 0 Å². The van der Waals surface area contributed by atoms with Crippen LogP contribution in [-0.4, -0.2) is 62.2 Å². The van der Waals surface area contributed by atoms with E-state index in [0.717, 1.165) is 44.8 Å². The van der Waals surface area contributed by atoms with Crippen molar-refractivity contribution in [1.29, 1.82) is 0 Å². The molecular formula is C22H26N6O4. The average molecular weight is 438 g/mol. The second kappa shape index (κ2) is 7.94. The molecule has 2 aliphatic heterocycles. The minimum Gasteiger partial charge on any atom is -0.491 e. The van der Waals surface area contributed by atoms with Gasteiger partial charge in [-0.15, -0.1) is 0 Å². The first-order valence-electron chi connectivity index (χ1n) is 10.7. The molecule has 3 aliphatic rings. The van der Waals surface area contributed by atoms with Gasteiger partial charge in [-0.25, -0.2) is 9.97 Å². The van der Waals surface area contributed by atoms with Crippen molar-refractivity contribution in [3.63, 3.8) is 0 Å². The molecule has 0 unspecified atom stereocenters. The van der Waals surface area contributed by atoms with Gasteiger partial charge < -0.3 is 30.3 Å². The van der Waals surface area contributed by atoms with Crippen LogP contribution >= 0.6 is 0 Å². The molecule has 32 heavy (non-hydrogen) atoms. The molecule has 1 spiro atoms. The van der Waals surface area contributed by atoms with Crippen molar-refractivity contribution in [3.05, 3.63) is 30.1 Å². The molecule has 1 aliphatic carbocycles.